The summed E-state index contributed by atoms with van der Waals surface area (Å²) < 4.78 is 79.4. The van der Waals surface area contributed by atoms with Crippen LogP contribution >= 0.6 is 0 Å². The van der Waals surface area contributed by atoms with E-state index in [1.807, 2.05) is 11.5 Å². The minimum atomic E-state index is -4.79. The van der Waals surface area contributed by atoms with Crippen LogP contribution in [0.15, 0.2) is 59.8 Å². The highest BCUT2D eigenvalue weighted by Crippen LogP contribution is 2.32. The Morgan fingerprint density at radius 2 is 1.76 bits per heavy atom. The van der Waals surface area contributed by atoms with E-state index in [4.69, 9.17) is 0 Å². The number of hydrogen-bond acceptors (Lipinski definition) is 4. The molecule has 0 saturated carbocycles. The number of benzene rings is 2. The molecular weight excluding hydrogens is 510 g/mol. The van der Waals surface area contributed by atoms with Crippen molar-refractivity contribution in [2.75, 3.05) is 18.8 Å². The summed E-state index contributed by atoms with van der Waals surface area (Å²) in [7, 11) is -3.46. The van der Waals surface area contributed by atoms with Gasteiger partial charge in [-0.25, -0.2) is 17.8 Å². The minimum absolute atomic E-state index is 0.0321. The van der Waals surface area contributed by atoms with Crippen LogP contribution in [-0.2, 0) is 33.8 Å². The van der Waals surface area contributed by atoms with Crippen LogP contribution in [0.3, 0.4) is 0 Å². The summed E-state index contributed by atoms with van der Waals surface area (Å²) in [6.07, 6.45) is -0.388. The maximum Gasteiger partial charge on any atom is 0.419 e. The van der Waals surface area contributed by atoms with Gasteiger partial charge in [-0.1, -0.05) is 23.8 Å². The van der Waals surface area contributed by atoms with Gasteiger partial charge in [0.1, 0.15) is 11.6 Å². The van der Waals surface area contributed by atoms with Crippen molar-refractivity contribution in [3.8, 4) is 0 Å². The van der Waals surface area contributed by atoms with E-state index in [0.29, 0.717) is 32.0 Å². The van der Waals surface area contributed by atoms with Crippen molar-refractivity contribution in [1.82, 2.24) is 14.5 Å². The molecule has 6 nitrogen and oxygen atoms in total. The first-order chi connectivity index (χ1) is 17.4. The molecule has 1 aromatic heterocycles. The van der Waals surface area contributed by atoms with E-state index in [1.165, 1.54) is 0 Å². The fourth-order valence-corrected chi connectivity index (χ4v) is 5.75. The molecule has 2 aromatic carbocycles. The van der Waals surface area contributed by atoms with Gasteiger partial charge in [0, 0.05) is 37.9 Å². The number of likely N-dealkylation sites (tertiary alicyclic amines) is 1. The first kappa shape index (κ1) is 26.8. The third-order valence-electron chi connectivity index (χ3n) is 6.64. The highest BCUT2D eigenvalue weighted by atomic mass is 32.2. The van der Waals surface area contributed by atoms with Crippen molar-refractivity contribution in [3.05, 3.63) is 83.2 Å². The van der Waals surface area contributed by atoms with Crippen LogP contribution < -0.4 is 0 Å². The number of alkyl halides is 3. The fraction of sp³-hybridized carbons (Fsp3) is 0.385. The number of sulfone groups is 1. The number of carbonyl (C=O) groups is 1. The van der Waals surface area contributed by atoms with E-state index in [0.717, 1.165) is 23.5 Å². The van der Waals surface area contributed by atoms with Crippen LogP contribution in [0.25, 0.3) is 0 Å². The lowest BCUT2D eigenvalue weighted by Crippen LogP contribution is -2.39. The third-order valence-corrected chi connectivity index (χ3v) is 8.35. The van der Waals surface area contributed by atoms with Gasteiger partial charge in [0.05, 0.1) is 22.6 Å². The Hall–Kier alpha value is -3.21. The molecule has 1 saturated heterocycles. The smallest absolute Gasteiger partial charge is 0.342 e. The molecular formula is C26H27F4N3O3S. The van der Waals surface area contributed by atoms with Crippen LogP contribution in [0.5, 0.6) is 0 Å². The SMILES string of the molecule is Cc1ccc(S(=O)(=O)CCn2ccnc2C2CCN(C(=O)Cc3ccc(C(F)(F)F)c(F)c3)CC2)cc1. The zero-order valence-corrected chi connectivity index (χ0v) is 21.0. The number of rotatable bonds is 7. The van der Waals surface area contributed by atoms with Crippen molar-refractivity contribution in [2.24, 2.45) is 0 Å². The Labute approximate surface area is 212 Å². The summed E-state index contributed by atoms with van der Waals surface area (Å²) in [5.74, 6) is -0.959. The number of nitrogens with zero attached hydrogens (tertiary/aromatic N) is 3. The molecule has 2 heterocycles. The maximum absolute atomic E-state index is 13.8. The van der Waals surface area contributed by atoms with E-state index in [1.54, 1.807) is 41.6 Å². The van der Waals surface area contributed by atoms with Crippen molar-refractivity contribution >= 4 is 15.7 Å². The summed E-state index contributed by atoms with van der Waals surface area (Å²) in [4.78, 5) is 19.0. The lowest BCUT2D eigenvalue weighted by atomic mass is 9.95. The average Bonchev–Trinajstić information content (AvgIpc) is 3.31. The number of carbonyl (C=O) groups excluding carboxylic acids is 1. The maximum atomic E-state index is 13.8. The van der Waals surface area contributed by atoms with Gasteiger partial charge in [-0.3, -0.25) is 4.79 Å². The van der Waals surface area contributed by atoms with Gasteiger partial charge in [0.2, 0.25) is 5.91 Å². The summed E-state index contributed by atoms with van der Waals surface area (Å²) in [6, 6.07) is 9.27. The van der Waals surface area contributed by atoms with Crippen molar-refractivity contribution < 1.29 is 30.8 Å². The quantitative estimate of drug-likeness (QED) is 0.407. The number of aromatic nitrogens is 2. The van der Waals surface area contributed by atoms with Crippen LogP contribution in [0.4, 0.5) is 17.6 Å². The molecule has 0 bridgehead atoms. The molecule has 1 amide bonds. The van der Waals surface area contributed by atoms with Gasteiger partial charge in [-0.05, 0) is 49.6 Å². The van der Waals surface area contributed by atoms with E-state index in [-0.39, 0.29) is 41.0 Å². The second-order valence-corrected chi connectivity index (χ2v) is 11.4. The van der Waals surface area contributed by atoms with Crippen LogP contribution in [0, 0.1) is 12.7 Å². The number of piperidine rings is 1. The molecule has 198 valence electrons. The van der Waals surface area contributed by atoms with Gasteiger partial charge < -0.3 is 9.47 Å². The van der Waals surface area contributed by atoms with Gasteiger partial charge in [-0.2, -0.15) is 13.2 Å². The normalized spacial score (nSPS) is 15.2. The van der Waals surface area contributed by atoms with Gasteiger partial charge >= 0.3 is 6.18 Å². The zero-order chi connectivity index (χ0) is 26.8. The summed E-state index contributed by atoms with van der Waals surface area (Å²) in [6.45, 7) is 2.98. The Bertz CT molecular complexity index is 1360. The Kier molecular flexibility index (Phi) is 7.72. The number of amides is 1. The lowest BCUT2D eigenvalue weighted by molar-refractivity contribution is -0.140. The van der Waals surface area contributed by atoms with E-state index < -0.39 is 27.4 Å². The fourth-order valence-electron chi connectivity index (χ4n) is 4.52. The largest absolute Gasteiger partial charge is 0.419 e. The van der Waals surface area contributed by atoms with Gasteiger partial charge in [0.25, 0.3) is 0 Å². The molecule has 3 aromatic rings. The molecule has 0 spiro atoms. The summed E-state index contributed by atoms with van der Waals surface area (Å²) >= 11 is 0. The number of hydrogen-bond donors (Lipinski definition) is 0. The second kappa shape index (κ2) is 10.6. The molecule has 0 N–H and O–H groups in total. The molecule has 1 fully saturated rings. The highest BCUT2D eigenvalue weighted by molar-refractivity contribution is 7.91. The monoisotopic (exact) mass is 537 g/mol. The first-order valence-electron chi connectivity index (χ1n) is 11.9. The Balaban J connectivity index is 1.33. The molecule has 1 aliphatic heterocycles. The standard InChI is InChI=1S/C26H27F4N3O3S/c1-18-2-5-21(6-3-18)37(35,36)15-14-33-13-10-31-25(33)20-8-11-32(12-9-20)24(34)17-19-4-7-22(23(27)16-19)26(28,29)30/h2-7,10,13,16,20H,8-9,11-12,14-15,17H2,1H3. The number of imidazole rings is 1. The van der Waals surface area contributed by atoms with E-state index in [9.17, 15) is 30.8 Å². The van der Waals surface area contributed by atoms with Gasteiger partial charge in [0.15, 0.2) is 9.84 Å². The molecule has 1 aliphatic rings. The molecule has 37 heavy (non-hydrogen) atoms. The highest BCUT2D eigenvalue weighted by Gasteiger charge is 2.34. The van der Waals surface area contributed by atoms with E-state index >= 15 is 0 Å². The predicted octanol–water partition coefficient (Wildman–Crippen LogP) is 4.77. The topological polar surface area (TPSA) is 72.3 Å². The van der Waals surface area contributed by atoms with Crippen LogP contribution in [0.2, 0.25) is 0 Å². The van der Waals surface area contributed by atoms with Crippen molar-refractivity contribution in [3.63, 3.8) is 0 Å². The summed E-state index contributed by atoms with van der Waals surface area (Å²) in [5, 5.41) is 0. The zero-order valence-electron chi connectivity index (χ0n) is 20.2. The van der Waals surface area contributed by atoms with Crippen LogP contribution in [-0.4, -0.2) is 47.6 Å². The first-order valence-corrected chi connectivity index (χ1v) is 13.5. The second-order valence-electron chi connectivity index (χ2n) is 9.25. The molecule has 4 rings (SSSR count). The third kappa shape index (κ3) is 6.38. The lowest BCUT2D eigenvalue weighted by Gasteiger charge is -2.32. The summed E-state index contributed by atoms with van der Waals surface area (Å²) in [5.41, 5.74) is -0.193. The molecule has 0 aliphatic carbocycles. The predicted molar refractivity (Wildman–Crippen MR) is 129 cm³/mol. The van der Waals surface area contributed by atoms with E-state index in [2.05, 4.69) is 4.98 Å². The van der Waals surface area contributed by atoms with Crippen LogP contribution in [0.1, 0.15) is 41.3 Å². The van der Waals surface area contributed by atoms with Gasteiger partial charge in [-0.15, -0.1) is 0 Å². The van der Waals surface area contributed by atoms with Crippen molar-refractivity contribution in [2.45, 2.75) is 49.7 Å². The Morgan fingerprint density at radius 1 is 1.08 bits per heavy atom. The molecule has 0 radical (unpaired) electrons. The molecule has 0 atom stereocenters. The molecule has 11 heteroatoms. The number of halogens is 4. The average molecular weight is 538 g/mol. The molecule has 0 unspecified atom stereocenters. The number of aryl methyl sites for hydroxylation is 2. The van der Waals surface area contributed by atoms with Crippen molar-refractivity contribution in [1.29, 1.82) is 0 Å². The minimum Gasteiger partial charge on any atom is -0.342 e. The Morgan fingerprint density at radius 3 is 2.38 bits per heavy atom.